The highest BCUT2D eigenvalue weighted by molar-refractivity contribution is 7.13. The highest BCUT2D eigenvalue weighted by atomic mass is 32.1. The largest absolute Gasteiger partial charge is 0.293 e. The summed E-state index contributed by atoms with van der Waals surface area (Å²) in [5.74, 6) is 0.385. The van der Waals surface area contributed by atoms with Gasteiger partial charge < -0.3 is 0 Å². The molecule has 0 radical (unpaired) electrons. The molecule has 4 aromatic rings. The fourth-order valence-electron chi connectivity index (χ4n) is 5.70. The Morgan fingerprint density at radius 1 is 1.15 bits per heavy atom. The van der Waals surface area contributed by atoms with E-state index >= 15 is 0 Å². The Balaban J connectivity index is 1.67. The van der Waals surface area contributed by atoms with Crippen molar-refractivity contribution in [1.29, 1.82) is 5.26 Å². The van der Waals surface area contributed by atoms with Crippen molar-refractivity contribution < 1.29 is 4.79 Å². The van der Waals surface area contributed by atoms with Crippen LogP contribution in [0.4, 0.5) is 0 Å². The number of allylic oxidation sites excluding steroid dienone is 2. The molecule has 166 valence electrons. The number of fused-ring (bicyclic) bond motifs is 4. The molecule has 0 aliphatic heterocycles. The molecule has 0 bridgehead atoms. The number of benzene rings is 1. The molecule has 3 aromatic heterocycles. The monoisotopic (exact) mass is 463 g/mol. The number of ketones is 1. The molecule has 7 heteroatoms. The number of aromatic nitrogens is 4. The van der Waals surface area contributed by atoms with E-state index in [9.17, 15) is 10.1 Å². The maximum absolute atomic E-state index is 12.8. The minimum absolute atomic E-state index is 0.0667. The highest BCUT2D eigenvalue weighted by Gasteiger charge is 2.49. The van der Waals surface area contributed by atoms with Crippen molar-refractivity contribution in [2.24, 2.45) is 11.8 Å². The first-order valence-corrected chi connectivity index (χ1v) is 12.2. The van der Waals surface area contributed by atoms with Gasteiger partial charge in [-0.25, -0.2) is 15.0 Å². The minimum atomic E-state index is -0.543. The third kappa shape index (κ3) is 2.95. The fourth-order valence-corrected chi connectivity index (χ4v) is 6.35. The van der Waals surface area contributed by atoms with Crippen LogP contribution >= 0.6 is 11.3 Å². The van der Waals surface area contributed by atoms with Crippen LogP contribution in [-0.2, 0) is 16.6 Å². The summed E-state index contributed by atoms with van der Waals surface area (Å²) < 4.78 is 0. The molecule has 0 saturated heterocycles. The Morgan fingerprint density at radius 3 is 2.79 bits per heavy atom. The molecule has 3 heterocycles. The third-order valence-electron chi connectivity index (χ3n) is 7.36. The molecule has 6 rings (SSSR count). The molecule has 3 atom stereocenters. The van der Waals surface area contributed by atoms with Crippen LogP contribution in [0.5, 0.6) is 0 Å². The number of carbonyl (C=O) groups is 1. The van der Waals surface area contributed by atoms with Gasteiger partial charge in [-0.15, -0.1) is 11.3 Å². The van der Waals surface area contributed by atoms with Gasteiger partial charge in [0.05, 0.1) is 16.8 Å². The van der Waals surface area contributed by atoms with Crippen LogP contribution in [0.25, 0.3) is 33.0 Å². The zero-order valence-corrected chi connectivity index (χ0v) is 19.6. The second-order valence-electron chi connectivity index (χ2n) is 9.19. The van der Waals surface area contributed by atoms with Gasteiger partial charge in [0.1, 0.15) is 16.8 Å². The number of thiazole rings is 1. The lowest BCUT2D eigenvalue weighted by Gasteiger charge is -2.45. The van der Waals surface area contributed by atoms with Gasteiger partial charge in [0.2, 0.25) is 0 Å². The lowest BCUT2D eigenvalue weighted by atomic mass is 9.57. The zero-order valence-electron chi connectivity index (χ0n) is 18.8. The SMILES string of the molecule is C[C@H]1C(=O)C(C#N)=C[C@@]2(C)c3nc(-c4ccnc5ccccc45)nc(-c4nccs4)c3CC[C@H]12. The number of Topliss-reactive ketones (excluding diaryl/α,β-unsaturated/α-hetero) is 1. The van der Waals surface area contributed by atoms with Gasteiger partial charge in [-0.3, -0.25) is 9.78 Å². The summed E-state index contributed by atoms with van der Waals surface area (Å²) in [6, 6.07) is 12.0. The first-order valence-electron chi connectivity index (χ1n) is 11.3. The number of rotatable bonds is 2. The van der Waals surface area contributed by atoms with Crippen molar-refractivity contribution in [2.75, 3.05) is 0 Å². The van der Waals surface area contributed by atoms with E-state index in [-0.39, 0.29) is 23.2 Å². The minimum Gasteiger partial charge on any atom is -0.293 e. The van der Waals surface area contributed by atoms with Crippen molar-refractivity contribution in [3.63, 3.8) is 0 Å². The Bertz CT molecular complexity index is 1530. The van der Waals surface area contributed by atoms with E-state index in [4.69, 9.17) is 9.97 Å². The summed E-state index contributed by atoms with van der Waals surface area (Å²) in [6.45, 7) is 4.06. The number of para-hydroxylation sites is 1. The lowest BCUT2D eigenvalue weighted by molar-refractivity contribution is -0.121. The van der Waals surface area contributed by atoms with Gasteiger partial charge in [0.15, 0.2) is 11.6 Å². The van der Waals surface area contributed by atoms with Crippen molar-refractivity contribution >= 4 is 28.0 Å². The predicted molar refractivity (Wildman–Crippen MR) is 131 cm³/mol. The molecule has 0 spiro atoms. The average Bonchev–Trinajstić information content (AvgIpc) is 3.40. The predicted octanol–water partition coefficient (Wildman–Crippen LogP) is 5.30. The standard InChI is InChI=1S/C27H21N5OS/c1-15-20-8-7-19-22(26-30-11-12-34-26)31-25(18-9-10-29-21-6-4-3-5-17(18)21)32-24(19)27(20,2)13-16(14-28)23(15)33/h3-6,9-13,15,20H,7-8H2,1-2H3/t15-,20-,27-/m1/s1. The lowest BCUT2D eigenvalue weighted by Crippen LogP contribution is -2.46. The molecule has 0 amide bonds. The topological polar surface area (TPSA) is 92.4 Å². The summed E-state index contributed by atoms with van der Waals surface area (Å²) in [6.07, 6.45) is 7.03. The highest BCUT2D eigenvalue weighted by Crippen LogP contribution is 2.51. The Labute approximate surface area is 201 Å². The van der Waals surface area contributed by atoms with Crippen molar-refractivity contribution in [3.8, 4) is 28.2 Å². The quantitative estimate of drug-likeness (QED) is 0.400. The molecule has 1 aromatic carbocycles. The van der Waals surface area contributed by atoms with Crippen LogP contribution in [-0.4, -0.2) is 25.7 Å². The van der Waals surface area contributed by atoms with Gasteiger partial charge in [-0.2, -0.15) is 5.26 Å². The fraction of sp³-hybridized carbons (Fsp3) is 0.259. The number of hydrogen-bond acceptors (Lipinski definition) is 7. The van der Waals surface area contributed by atoms with Gasteiger partial charge in [0.25, 0.3) is 0 Å². The number of pyridine rings is 1. The second-order valence-corrected chi connectivity index (χ2v) is 10.1. The smallest absolute Gasteiger partial charge is 0.176 e. The van der Waals surface area contributed by atoms with Crippen LogP contribution < -0.4 is 0 Å². The van der Waals surface area contributed by atoms with Crippen LogP contribution in [0.3, 0.4) is 0 Å². The molecular weight excluding hydrogens is 442 g/mol. The van der Waals surface area contributed by atoms with E-state index in [1.807, 2.05) is 48.7 Å². The maximum Gasteiger partial charge on any atom is 0.176 e. The van der Waals surface area contributed by atoms with E-state index < -0.39 is 5.41 Å². The molecule has 34 heavy (non-hydrogen) atoms. The van der Waals surface area contributed by atoms with E-state index in [0.29, 0.717) is 5.82 Å². The average molecular weight is 464 g/mol. The Hall–Kier alpha value is -3.76. The van der Waals surface area contributed by atoms with Crippen molar-refractivity contribution in [2.45, 2.75) is 32.1 Å². The maximum atomic E-state index is 12.8. The molecule has 0 fully saturated rings. The van der Waals surface area contributed by atoms with Crippen LogP contribution in [0.2, 0.25) is 0 Å². The van der Waals surface area contributed by atoms with E-state index in [0.717, 1.165) is 51.3 Å². The summed E-state index contributed by atoms with van der Waals surface area (Å²) in [7, 11) is 0. The zero-order chi connectivity index (χ0) is 23.4. The van der Waals surface area contributed by atoms with Crippen LogP contribution in [0, 0.1) is 23.2 Å². The first kappa shape index (κ1) is 20.8. The summed E-state index contributed by atoms with van der Waals surface area (Å²) in [5, 5.41) is 13.5. The van der Waals surface area contributed by atoms with E-state index in [2.05, 4.69) is 23.0 Å². The second kappa shape index (κ2) is 7.64. The van der Waals surface area contributed by atoms with Gasteiger partial charge in [-0.1, -0.05) is 38.1 Å². The van der Waals surface area contributed by atoms with Crippen molar-refractivity contribution in [3.05, 3.63) is 71.0 Å². The first-order chi connectivity index (χ1) is 16.5. The van der Waals surface area contributed by atoms with E-state index in [1.165, 1.54) is 0 Å². The normalized spacial score (nSPS) is 23.7. The molecule has 0 N–H and O–H groups in total. The molecule has 2 aliphatic carbocycles. The van der Waals surface area contributed by atoms with Gasteiger partial charge in [-0.05, 0) is 30.9 Å². The summed E-state index contributed by atoms with van der Waals surface area (Å²) in [5.41, 5.74) is 4.26. The molecule has 0 saturated carbocycles. The number of hydrogen-bond donors (Lipinski definition) is 0. The van der Waals surface area contributed by atoms with Gasteiger partial charge in [0, 0.05) is 45.6 Å². The number of nitrogens with zero attached hydrogens (tertiary/aromatic N) is 5. The molecular formula is C27H21N5OS. The molecule has 0 unspecified atom stereocenters. The van der Waals surface area contributed by atoms with Gasteiger partial charge >= 0.3 is 0 Å². The summed E-state index contributed by atoms with van der Waals surface area (Å²) in [4.78, 5) is 32.1. The van der Waals surface area contributed by atoms with Crippen molar-refractivity contribution in [1.82, 2.24) is 19.9 Å². The number of nitriles is 1. The number of carbonyl (C=O) groups excluding carboxylic acids is 1. The Morgan fingerprint density at radius 2 is 2.00 bits per heavy atom. The van der Waals surface area contributed by atoms with Crippen LogP contribution in [0.1, 0.15) is 31.5 Å². The molecule has 6 nitrogen and oxygen atoms in total. The Kier molecular flexibility index (Phi) is 4.68. The van der Waals surface area contributed by atoms with E-state index in [1.54, 1.807) is 23.7 Å². The third-order valence-corrected chi connectivity index (χ3v) is 8.14. The van der Waals surface area contributed by atoms with Crippen LogP contribution in [0.15, 0.2) is 59.8 Å². The molecule has 2 aliphatic rings. The summed E-state index contributed by atoms with van der Waals surface area (Å²) >= 11 is 1.56.